The van der Waals surface area contributed by atoms with Gasteiger partial charge in [0.25, 0.3) is 0 Å². The number of methoxy groups -OCH3 is 1. The average Bonchev–Trinajstić information content (AvgIpc) is 2.43. The van der Waals surface area contributed by atoms with Crippen LogP contribution in [0.3, 0.4) is 0 Å². The zero-order chi connectivity index (χ0) is 14.8. The van der Waals surface area contributed by atoms with Gasteiger partial charge < -0.3 is 9.84 Å². The minimum absolute atomic E-state index is 0.133. The van der Waals surface area contributed by atoms with Crippen LogP contribution in [0.2, 0.25) is 0 Å². The second kappa shape index (κ2) is 6.22. The van der Waals surface area contributed by atoms with Gasteiger partial charge in [0.2, 0.25) is 0 Å². The summed E-state index contributed by atoms with van der Waals surface area (Å²) < 4.78 is 20.3. The van der Waals surface area contributed by atoms with Crippen LogP contribution in [0.5, 0.6) is 0 Å². The van der Waals surface area contributed by atoms with Crippen LogP contribution in [0.25, 0.3) is 0 Å². The molecule has 1 fully saturated rings. The Kier molecular flexibility index (Phi) is 4.81. The maximum absolute atomic E-state index is 14.7. The summed E-state index contributed by atoms with van der Waals surface area (Å²) in [6, 6.07) is 3.24. The molecule has 0 unspecified atom stereocenters. The van der Waals surface area contributed by atoms with E-state index in [0.29, 0.717) is 22.9 Å². The lowest BCUT2D eigenvalue weighted by molar-refractivity contribution is -0.145. The van der Waals surface area contributed by atoms with Crippen molar-refractivity contribution in [3.63, 3.8) is 0 Å². The summed E-state index contributed by atoms with van der Waals surface area (Å²) in [5.41, 5.74) is -0.427. The highest BCUT2D eigenvalue weighted by molar-refractivity contribution is 9.10. The van der Waals surface area contributed by atoms with Crippen LogP contribution in [0.4, 0.5) is 4.39 Å². The summed E-state index contributed by atoms with van der Waals surface area (Å²) in [6.45, 7) is 0.133. The van der Waals surface area contributed by atoms with Gasteiger partial charge in [0.05, 0.1) is 12.0 Å². The summed E-state index contributed by atoms with van der Waals surface area (Å²) in [6.07, 6.45) is 3.62. The van der Waals surface area contributed by atoms with Gasteiger partial charge in [-0.25, -0.2) is 4.39 Å². The topological polar surface area (TPSA) is 46.5 Å². The van der Waals surface area contributed by atoms with E-state index in [4.69, 9.17) is 4.74 Å². The first-order valence-electron chi connectivity index (χ1n) is 6.72. The van der Waals surface area contributed by atoms with Gasteiger partial charge in [-0.1, -0.05) is 35.2 Å². The van der Waals surface area contributed by atoms with Gasteiger partial charge in [0.1, 0.15) is 5.82 Å². The molecule has 0 saturated heterocycles. The molecule has 1 aromatic rings. The summed E-state index contributed by atoms with van der Waals surface area (Å²) in [7, 11) is 1.49. The molecule has 110 valence electrons. The Morgan fingerprint density at radius 2 is 2.05 bits per heavy atom. The Balaban J connectivity index is 2.56. The number of carbonyl (C=O) groups is 1. The van der Waals surface area contributed by atoms with E-state index in [1.54, 1.807) is 12.1 Å². The first-order valence-corrected chi connectivity index (χ1v) is 7.51. The third kappa shape index (κ3) is 2.74. The minimum atomic E-state index is -1.10. The van der Waals surface area contributed by atoms with Crippen LogP contribution >= 0.6 is 15.9 Å². The molecule has 0 heterocycles. The molecule has 1 saturated carbocycles. The smallest absolute Gasteiger partial charge is 0.314 e. The molecule has 0 aromatic heterocycles. The van der Waals surface area contributed by atoms with Crippen molar-refractivity contribution in [2.24, 2.45) is 0 Å². The Labute approximate surface area is 126 Å². The van der Waals surface area contributed by atoms with Crippen molar-refractivity contribution in [3.8, 4) is 0 Å². The molecule has 2 rings (SSSR count). The fourth-order valence-electron chi connectivity index (χ4n) is 3.01. The van der Waals surface area contributed by atoms with Gasteiger partial charge in [0, 0.05) is 22.7 Å². The number of benzene rings is 1. The monoisotopic (exact) mass is 344 g/mol. The molecule has 1 N–H and O–H groups in total. The third-order valence-electron chi connectivity index (χ3n) is 4.04. The minimum Gasteiger partial charge on any atom is -0.481 e. The number of hydrogen-bond donors (Lipinski definition) is 1. The molecule has 0 spiro atoms. The van der Waals surface area contributed by atoms with E-state index in [9.17, 15) is 14.3 Å². The maximum Gasteiger partial charge on any atom is 0.314 e. The molecule has 20 heavy (non-hydrogen) atoms. The molecule has 0 bridgehead atoms. The number of carboxylic acid groups (broad SMARTS) is 1. The Bertz CT molecular complexity index is 510. The van der Waals surface area contributed by atoms with E-state index in [2.05, 4.69) is 15.9 Å². The molecule has 1 aliphatic carbocycles. The van der Waals surface area contributed by atoms with Crippen LogP contribution in [-0.2, 0) is 21.6 Å². The van der Waals surface area contributed by atoms with Gasteiger partial charge in [-0.2, -0.15) is 0 Å². The molecule has 1 aliphatic rings. The van der Waals surface area contributed by atoms with Crippen molar-refractivity contribution >= 4 is 21.9 Å². The number of aliphatic carboxylic acids is 1. The Hall–Kier alpha value is -0.940. The van der Waals surface area contributed by atoms with Crippen molar-refractivity contribution in [1.82, 2.24) is 0 Å². The van der Waals surface area contributed by atoms with E-state index in [1.165, 1.54) is 7.11 Å². The molecule has 3 nitrogen and oxygen atoms in total. The van der Waals surface area contributed by atoms with Crippen LogP contribution in [-0.4, -0.2) is 18.2 Å². The van der Waals surface area contributed by atoms with Crippen molar-refractivity contribution in [3.05, 3.63) is 33.5 Å². The predicted octanol–water partition coefficient (Wildman–Crippen LogP) is 4.02. The zero-order valence-electron chi connectivity index (χ0n) is 11.4. The number of hydrogen-bond acceptors (Lipinski definition) is 2. The predicted molar refractivity (Wildman–Crippen MR) is 77.2 cm³/mol. The van der Waals surface area contributed by atoms with Gasteiger partial charge in [0.15, 0.2) is 0 Å². The molecule has 1 aromatic carbocycles. The standard InChI is InChI=1S/C15H18BrFO3/c1-20-9-10-7-11(16)8-12(13(10)17)15(14(18)19)5-3-2-4-6-15/h7-8H,2-6,9H2,1H3,(H,18,19). The highest BCUT2D eigenvalue weighted by Crippen LogP contribution is 2.42. The number of ether oxygens (including phenoxy) is 1. The fourth-order valence-corrected chi connectivity index (χ4v) is 3.51. The second-order valence-electron chi connectivity index (χ2n) is 5.31. The molecule has 5 heteroatoms. The van der Waals surface area contributed by atoms with E-state index < -0.39 is 17.2 Å². The molecular formula is C15H18BrFO3. The Morgan fingerprint density at radius 1 is 1.40 bits per heavy atom. The van der Waals surface area contributed by atoms with E-state index in [0.717, 1.165) is 19.3 Å². The highest BCUT2D eigenvalue weighted by atomic mass is 79.9. The zero-order valence-corrected chi connectivity index (χ0v) is 13.0. The van der Waals surface area contributed by atoms with Crippen molar-refractivity contribution in [2.75, 3.05) is 7.11 Å². The van der Waals surface area contributed by atoms with Gasteiger partial charge in [-0.15, -0.1) is 0 Å². The maximum atomic E-state index is 14.7. The summed E-state index contributed by atoms with van der Waals surface area (Å²) in [5, 5.41) is 9.67. The SMILES string of the molecule is COCc1cc(Br)cc(C2(C(=O)O)CCCCC2)c1F. The molecule has 0 radical (unpaired) electrons. The van der Waals surface area contributed by atoms with Crippen LogP contribution < -0.4 is 0 Å². The number of rotatable bonds is 4. The average molecular weight is 345 g/mol. The summed E-state index contributed by atoms with van der Waals surface area (Å²) in [5.74, 6) is -1.38. The number of carboxylic acids is 1. The van der Waals surface area contributed by atoms with Crippen molar-refractivity contribution in [2.45, 2.75) is 44.1 Å². The molecule has 0 atom stereocenters. The largest absolute Gasteiger partial charge is 0.481 e. The number of halogens is 2. The molecule has 0 amide bonds. The summed E-state index contributed by atoms with van der Waals surface area (Å²) >= 11 is 3.34. The van der Waals surface area contributed by atoms with Gasteiger partial charge in [-0.3, -0.25) is 4.79 Å². The molecular weight excluding hydrogens is 327 g/mol. The quantitative estimate of drug-likeness (QED) is 0.897. The van der Waals surface area contributed by atoms with Crippen molar-refractivity contribution < 1.29 is 19.0 Å². The second-order valence-corrected chi connectivity index (χ2v) is 6.22. The normalized spacial score (nSPS) is 17.9. The van der Waals surface area contributed by atoms with Crippen molar-refractivity contribution in [1.29, 1.82) is 0 Å². The fraction of sp³-hybridized carbons (Fsp3) is 0.533. The lowest BCUT2D eigenvalue weighted by Crippen LogP contribution is -2.39. The molecule has 0 aliphatic heterocycles. The lowest BCUT2D eigenvalue weighted by atomic mass is 9.69. The van der Waals surface area contributed by atoms with Gasteiger partial charge in [-0.05, 0) is 25.0 Å². The Morgan fingerprint density at radius 3 is 2.60 bits per heavy atom. The van der Waals surface area contributed by atoms with E-state index in [1.807, 2.05) is 0 Å². The first kappa shape index (κ1) is 15.4. The van der Waals surface area contributed by atoms with E-state index >= 15 is 0 Å². The summed E-state index contributed by atoms with van der Waals surface area (Å²) in [4.78, 5) is 11.8. The highest BCUT2D eigenvalue weighted by Gasteiger charge is 2.43. The van der Waals surface area contributed by atoms with Gasteiger partial charge >= 0.3 is 5.97 Å². The van der Waals surface area contributed by atoms with Crippen LogP contribution in [0.15, 0.2) is 16.6 Å². The lowest BCUT2D eigenvalue weighted by Gasteiger charge is -2.34. The van der Waals surface area contributed by atoms with Crippen LogP contribution in [0, 0.1) is 5.82 Å². The third-order valence-corrected chi connectivity index (χ3v) is 4.50. The van der Waals surface area contributed by atoms with Crippen LogP contribution in [0.1, 0.15) is 43.2 Å². The van der Waals surface area contributed by atoms with E-state index in [-0.39, 0.29) is 12.2 Å². The first-order chi connectivity index (χ1) is 9.51.